The molecule has 3 aliphatic heterocycles. The second kappa shape index (κ2) is 10.1. The van der Waals surface area contributed by atoms with Crippen molar-refractivity contribution in [2.75, 3.05) is 12.4 Å². The zero-order valence-corrected chi connectivity index (χ0v) is 22.2. The molecular formula is C30H34N4O5. The fraction of sp³-hybridized carbons (Fsp3) is 0.467. The maximum absolute atomic E-state index is 14.1. The molecule has 4 aliphatic rings. The molecule has 6 rings (SSSR count). The summed E-state index contributed by atoms with van der Waals surface area (Å²) < 4.78 is 11.7. The van der Waals surface area contributed by atoms with E-state index in [2.05, 4.69) is 22.5 Å². The summed E-state index contributed by atoms with van der Waals surface area (Å²) in [5.41, 5.74) is 0.169. The monoisotopic (exact) mass is 530 g/mol. The van der Waals surface area contributed by atoms with Crippen molar-refractivity contribution in [1.82, 2.24) is 15.2 Å². The molecule has 7 atom stereocenters. The first-order chi connectivity index (χ1) is 18.9. The number of methoxy groups -OCH3 is 1. The summed E-state index contributed by atoms with van der Waals surface area (Å²) in [6.45, 7) is 2.37. The topological polar surface area (TPSA) is 110 Å². The fourth-order valence-electron chi connectivity index (χ4n) is 6.84. The average Bonchev–Trinajstić information content (AvgIpc) is 3.58. The maximum Gasteiger partial charge on any atom is 0.246 e. The molecule has 1 saturated carbocycles. The minimum absolute atomic E-state index is 0.0479. The highest BCUT2D eigenvalue weighted by Gasteiger charge is 2.72. The standard InChI is InChI=1S/C30H34N4O5/c1-18-7-3-4-11-22(18)33-28(36)26-30-13-12-23(39-30)24(27(35)32-20-9-5-10-21(15-20)38-2)25(30)29(37)34(26)17-19-8-6-14-31-16-19/h5-6,8-10,12-16,18,22-26H,3-4,7,11,17H2,1-2H3,(H,32,35)(H,33,36)/t18-,22+,23+,24-,25+,26+,30+/m0/s1. The van der Waals surface area contributed by atoms with Crippen LogP contribution in [0.4, 0.5) is 5.69 Å². The summed E-state index contributed by atoms with van der Waals surface area (Å²) in [5, 5.41) is 6.20. The third kappa shape index (κ3) is 4.38. The van der Waals surface area contributed by atoms with Gasteiger partial charge in [0.15, 0.2) is 0 Å². The quantitative estimate of drug-likeness (QED) is 0.533. The van der Waals surface area contributed by atoms with Crippen LogP contribution in [0.3, 0.4) is 0 Å². The maximum atomic E-state index is 14.1. The van der Waals surface area contributed by atoms with Gasteiger partial charge >= 0.3 is 0 Å². The Bertz CT molecular complexity index is 1300. The van der Waals surface area contributed by atoms with Crippen molar-refractivity contribution >= 4 is 23.4 Å². The highest BCUT2D eigenvalue weighted by Crippen LogP contribution is 2.55. The lowest BCUT2D eigenvalue weighted by atomic mass is 9.74. The van der Waals surface area contributed by atoms with Crippen LogP contribution >= 0.6 is 0 Å². The van der Waals surface area contributed by atoms with Gasteiger partial charge in [0.25, 0.3) is 0 Å². The van der Waals surface area contributed by atoms with Crippen molar-refractivity contribution in [3.8, 4) is 5.75 Å². The van der Waals surface area contributed by atoms with E-state index in [-0.39, 0.29) is 30.3 Å². The van der Waals surface area contributed by atoms with Gasteiger partial charge in [0.05, 0.1) is 25.0 Å². The minimum Gasteiger partial charge on any atom is -0.497 e. The molecular weight excluding hydrogens is 496 g/mol. The fourth-order valence-corrected chi connectivity index (χ4v) is 6.84. The number of ether oxygens (including phenoxy) is 2. The van der Waals surface area contributed by atoms with E-state index in [1.54, 1.807) is 54.7 Å². The van der Waals surface area contributed by atoms with Gasteiger partial charge in [-0.3, -0.25) is 19.4 Å². The van der Waals surface area contributed by atoms with Crippen LogP contribution in [0.1, 0.15) is 38.2 Å². The Kier molecular flexibility index (Phi) is 6.62. The molecule has 1 aromatic carbocycles. The third-order valence-corrected chi connectivity index (χ3v) is 8.78. The number of carbonyl (C=O) groups is 3. The van der Waals surface area contributed by atoms with Crippen LogP contribution in [0.5, 0.6) is 5.75 Å². The minimum atomic E-state index is -1.21. The number of anilines is 1. The Labute approximate surface area is 228 Å². The Hall–Kier alpha value is -3.72. The Morgan fingerprint density at radius 1 is 1.18 bits per heavy atom. The molecule has 3 amide bonds. The van der Waals surface area contributed by atoms with Gasteiger partial charge < -0.3 is 25.0 Å². The lowest BCUT2D eigenvalue weighted by Crippen LogP contribution is -2.57. The first-order valence-electron chi connectivity index (χ1n) is 13.7. The lowest BCUT2D eigenvalue weighted by Gasteiger charge is -2.36. The zero-order valence-electron chi connectivity index (χ0n) is 22.2. The predicted octanol–water partition coefficient (Wildman–Crippen LogP) is 3.07. The third-order valence-electron chi connectivity index (χ3n) is 8.78. The Morgan fingerprint density at radius 3 is 2.79 bits per heavy atom. The molecule has 3 fully saturated rings. The van der Waals surface area contributed by atoms with Gasteiger partial charge in [-0.15, -0.1) is 0 Å². The van der Waals surface area contributed by atoms with E-state index in [1.807, 2.05) is 18.2 Å². The molecule has 9 heteroatoms. The van der Waals surface area contributed by atoms with Gasteiger partial charge in [-0.1, -0.05) is 44.1 Å². The molecule has 2 saturated heterocycles. The number of aromatic nitrogens is 1. The number of pyridine rings is 1. The van der Waals surface area contributed by atoms with E-state index in [0.29, 0.717) is 17.4 Å². The lowest BCUT2D eigenvalue weighted by molar-refractivity contribution is -0.142. The summed E-state index contributed by atoms with van der Waals surface area (Å²) in [6.07, 6.45) is 10.6. The van der Waals surface area contributed by atoms with Crippen molar-refractivity contribution in [1.29, 1.82) is 0 Å². The van der Waals surface area contributed by atoms with Crippen molar-refractivity contribution < 1.29 is 23.9 Å². The number of nitrogens with one attached hydrogen (secondary N) is 2. The van der Waals surface area contributed by atoms with Crippen molar-refractivity contribution in [3.63, 3.8) is 0 Å². The van der Waals surface area contributed by atoms with Gasteiger partial charge in [0.1, 0.15) is 17.4 Å². The van der Waals surface area contributed by atoms with Crippen LogP contribution in [-0.2, 0) is 25.7 Å². The number of hydrogen-bond acceptors (Lipinski definition) is 6. The van der Waals surface area contributed by atoms with Gasteiger partial charge in [0.2, 0.25) is 17.7 Å². The van der Waals surface area contributed by atoms with Crippen molar-refractivity contribution in [3.05, 3.63) is 66.5 Å². The summed E-state index contributed by atoms with van der Waals surface area (Å²) >= 11 is 0. The SMILES string of the molecule is COc1cccc(NC(=O)[C@H]2[C@H]3C=C[C@@]4(O3)[C@H]2C(=O)N(Cc2cccnc2)[C@@H]4C(=O)N[C@@H]2CCCC[C@@H]2C)c1. The largest absolute Gasteiger partial charge is 0.497 e. The number of likely N-dealkylation sites (tertiary alicyclic amines) is 1. The van der Waals surface area contributed by atoms with Gasteiger partial charge in [0, 0.05) is 36.7 Å². The molecule has 9 nitrogen and oxygen atoms in total. The van der Waals surface area contributed by atoms with Crippen LogP contribution in [-0.4, -0.2) is 58.5 Å². The summed E-state index contributed by atoms with van der Waals surface area (Å²) in [5.74, 6) is -1.41. The number of amides is 3. The number of carbonyl (C=O) groups excluding carboxylic acids is 3. The molecule has 0 radical (unpaired) electrons. The molecule has 0 unspecified atom stereocenters. The van der Waals surface area contributed by atoms with Gasteiger partial charge in [-0.25, -0.2) is 0 Å². The zero-order chi connectivity index (χ0) is 27.1. The molecule has 2 bridgehead atoms. The molecule has 204 valence electrons. The van der Waals surface area contributed by atoms with E-state index in [0.717, 1.165) is 31.2 Å². The number of benzene rings is 1. The van der Waals surface area contributed by atoms with Crippen LogP contribution in [0.15, 0.2) is 60.9 Å². The second-order valence-electron chi connectivity index (χ2n) is 11.1. The molecule has 1 aromatic heterocycles. The average molecular weight is 531 g/mol. The molecule has 2 aromatic rings. The first-order valence-corrected chi connectivity index (χ1v) is 13.7. The van der Waals surface area contributed by atoms with E-state index in [9.17, 15) is 14.4 Å². The van der Waals surface area contributed by atoms with Crippen LogP contribution in [0.2, 0.25) is 0 Å². The van der Waals surface area contributed by atoms with Gasteiger partial charge in [-0.2, -0.15) is 0 Å². The molecule has 1 aliphatic carbocycles. The smallest absolute Gasteiger partial charge is 0.246 e. The normalized spacial score (nSPS) is 32.7. The highest BCUT2D eigenvalue weighted by molar-refractivity contribution is 6.02. The Morgan fingerprint density at radius 2 is 2.03 bits per heavy atom. The molecule has 2 N–H and O–H groups in total. The first kappa shape index (κ1) is 25.6. The van der Waals surface area contributed by atoms with Crippen molar-refractivity contribution in [2.45, 2.75) is 62.9 Å². The molecule has 39 heavy (non-hydrogen) atoms. The number of rotatable bonds is 7. The van der Waals surface area contributed by atoms with E-state index in [4.69, 9.17) is 9.47 Å². The Balaban J connectivity index is 1.32. The van der Waals surface area contributed by atoms with Gasteiger partial charge in [-0.05, 0) is 42.5 Å². The van der Waals surface area contributed by atoms with Crippen molar-refractivity contribution in [2.24, 2.45) is 17.8 Å². The van der Waals surface area contributed by atoms with E-state index in [1.165, 1.54) is 0 Å². The number of nitrogens with zero attached hydrogens (tertiary/aromatic N) is 2. The van der Waals surface area contributed by atoms with E-state index < -0.39 is 29.6 Å². The number of hydrogen-bond donors (Lipinski definition) is 2. The summed E-state index contributed by atoms with van der Waals surface area (Å²) in [7, 11) is 1.56. The van der Waals surface area contributed by atoms with E-state index >= 15 is 0 Å². The summed E-state index contributed by atoms with van der Waals surface area (Å²) in [4.78, 5) is 47.6. The number of fused-ring (bicyclic) bond motifs is 1. The molecule has 1 spiro atoms. The summed E-state index contributed by atoms with van der Waals surface area (Å²) in [6, 6.07) is 9.92. The highest BCUT2D eigenvalue weighted by atomic mass is 16.5. The molecule has 4 heterocycles. The van der Waals surface area contributed by atoms with Crippen LogP contribution in [0.25, 0.3) is 0 Å². The predicted molar refractivity (Wildman–Crippen MR) is 143 cm³/mol. The van der Waals surface area contributed by atoms with Crippen LogP contribution < -0.4 is 15.4 Å². The van der Waals surface area contributed by atoms with Crippen LogP contribution in [0, 0.1) is 17.8 Å². The second-order valence-corrected chi connectivity index (χ2v) is 11.1.